The minimum absolute atomic E-state index is 0.105. The van der Waals surface area contributed by atoms with Crippen molar-refractivity contribution in [1.29, 1.82) is 0 Å². The molecule has 1 atom stereocenters. The number of fused-ring (bicyclic) bond motifs is 4. The number of aliphatic hydroxyl groups excluding tert-OH is 1. The highest BCUT2D eigenvalue weighted by atomic mass is 16.5. The van der Waals surface area contributed by atoms with Gasteiger partial charge in [0.1, 0.15) is 5.75 Å². The van der Waals surface area contributed by atoms with E-state index in [-0.39, 0.29) is 11.5 Å². The molecule has 0 saturated heterocycles. The van der Waals surface area contributed by atoms with Gasteiger partial charge in [-0.3, -0.25) is 4.79 Å². The third-order valence-electron chi connectivity index (χ3n) is 9.75. The lowest BCUT2D eigenvalue weighted by molar-refractivity contribution is -0.178. The Morgan fingerprint density at radius 3 is 2.32 bits per heavy atom. The Balaban J connectivity index is 1.18. The number of carbonyl (C=O) groups excluding carboxylic acids is 1. The summed E-state index contributed by atoms with van der Waals surface area (Å²) in [6.07, 6.45) is 8.26. The van der Waals surface area contributed by atoms with Crippen molar-refractivity contribution in [3.63, 3.8) is 0 Å². The number of esters is 1. The lowest BCUT2D eigenvalue weighted by atomic mass is 9.55. The van der Waals surface area contributed by atoms with Gasteiger partial charge in [-0.1, -0.05) is 39.0 Å². The molecule has 1 unspecified atom stereocenters. The number of nitrogens with one attached hydrogen (secondary N) is 1. The Bertz CT molecular complexity index is 1100. The molecule has 0 amide bonds. The summed E-state index contributed by atoms with van der Waals surface area (Å²) in [6.45, 7) is 10.0. The van der Waals surface area contributed by atoms with E-state index in [4.69, 9.17) is 9.47 Å². The second-order valence-electron chi connectivity index (χ2n) is 13.0. The molecule has 2 N–H and O–H groups in total. The lowest BCUT2D eigenvalue weighted by Crippen LogP contribution is -2.63. The van der Waals surface area contributed by atoms with Gasteiger partial charge in [-0.15, -0.1) is 0 Å². The smallest absolute Gasteiger partial charge is 0.314 e. The van der Waals surface area contributed by atoms with Crippen LogP contribution in [0.15, 0.2) is 36.4 Å². The van der Waals surface area contributed by atoms with Gasteiger partial charge in [-0.05, 0) is 111 Å². The fourth-order valence-corrected chi connectivity index (χ4v) is 7.13. The molecule has 0 aromatic heterocycles. The number of rotatable bonds is 7. The minimum atomic E-state index is -0.700. The van der Waals surface area contributed by atoms with Gasteiger partial charge < -0.3 is 19.9 Å². The Kier molecular flexibility index (Phi) is 7.32. The van der Waals surface area contributed by atoms with Crippen LogP contribution in [0.25, 0.3) is 10.8 Å². The number of aliphatic hydroxyl groups is 1. The molecule has 6 rings (SSSR count). The van der Waals surface area contributed by atoms with Gasteiger partial charge in [0, 0.05) is 12.1 Å². The van der Waals surface area contributed by atoms with Crippen molar-refractivity contribution in [3.8, 4) is 5.75 Å². The number of ether oxygens (including phenoxy) is 2. The van der Waals surface area contributed by atoms with Crippen LogP contribution < -0.4 is 10.1 Å². The maximum Gasteiger partial charge on any atom is 0.314 e. The van der Waals surface area contributed by atoms with Crippen LogP contribution in [0.1, 0.15) is 91.0 Å². The van der Waals surface area contributed by atoms with E-state index >= 15 is 0 Å². The first-order valence-corrected chi connectivity index (χ1v) is 14.4. The maximum atomic E-state index is 12.6. The first kappa shape index (κ1) is 26.5. The monoisotopic (exact) mass is 507 g/mol. The first-order valence-electron chi connectivity index (χ1n) is 14.4. The van der Waals surface area contributed by atoms with Gasteiger partial charge in [0.25, 0.3) is 0 Å². The zero-order valence-electron chi connectivity index (χ0n) is 23.1. The molecule has 4 aliphatic rings. The first-order chi connectivity index (χ1) is 17.6. The van der Waals surface area contributed by atoms with E-state index in [0.717, 1.165) is 43.9 Å². The highest BCUT2D eigenvalue weighted by molar-refractivity contribution is 5.84. The fraction of sp³-hybridized carbons (Fsp3) is 0.656. The average Bonchev–Trinajstić information content (AvgIpc) is 2.88. The van der Waals surface area contributed by atoms with Gasteiger partial charge in [0.15, 0.2) is 0 Å². The average molecular weight is 508 g/mol. The van der Waals surface area contributed by atoms with Crippen molar-refractivity contribution in [3.05, 3.63) is 42.0 Å². The summed E-state index contributed by atoms with van der Waals surface area (Å²) in [5.41, 5.74) is 0.819. The Hall–Kier alpha value is -2.11. The van der Waals surface area contributed by atoms with Crippen LogP contribution in [-0.4, -0.2) is 35.4 Å². The molecule has 5 heteroatoms. The van der Waals surface area contributed by atoms with Gasteiger partial charge in [-0.25, -0.2) is 0 Å². The van der Waals surface area contributed by atoms with Crippen LogP contribution in [-0.2, 0) is 16.1 Å². The maximum absolute atomic E-state index is 12.6. The zero-order valence-corrected chi connectivity index (χ0v) is 23.1. The van der Waals surface area contributed by atoms with Gasteiger partial charge >= 0.3 is 5.97 Å². The largest absolute Gasteiger partial charge is 0.490 e. The molecular weight excluding hydrogens is 462 g/mol. The molecule has 2 aromatic rings. The quantitative estimate of drug-likeness (QED) is 0.417. The van der Waals surface area contributed by atoms with E-state index in [2.05, 4.69) is 62.5 Å². The molecule has 4 fully saturated rings. The van der Waals surface area contributed by atoms with E-state index in [1.165, 1.54) is 29.2 Å². The summed E-state index contributed by atoms with van der Waals surface area (Å²) >= 11 is 0. The predicted octanol–water partition coefficient (Wildman–Crippen LogP) is 6.54. The minimum Gasteiger partial charge on any atom is -0.490 e. The molecule has 0 heterocycles. The van der Waals surface area contributed by atoms with Crippen LogP contribution in [0.5, 0.6) is 5.75 Å². The number of benzene rings is 2. The van der Waals surface area contributed by atoms with Crippen molar-refractivity contribution >= 4 is 16.7 Å². The third-order valence-corrected chi connectivity index (χ3v) is 9.75. The van der Waals surface area contributed by atoms with Gasteiger partial charge in [0.05, 0.1) is 24.2 Å². The number of hydrogen-bond acceptors (Lipinski definition) is 5. The molecule has 2 bridgehead atoms. The molecule has 4 saturated carbocycles. The standard InChI is InChI=1S/C32H45NO4/c1-5-36-29(35)32-16-14-31(15-17-32,20-28(32)34)33-21-22-6-7-24-19-27(11-8-23(24)18-22)37-26-12-9-25(10-13-26)30(2,3)4/h6-8,11,18-19,25-26,28,33-34H,5,9-10,12-17,20-21H2,1-4H3. The fourth-order valence-electron chi connectivity index (χ4n) is 7.13. The summed E-state index contributed by atoms with van der Waals surface area (Å²) < 4.78 is 11.7. The normalized spacial score (nSPS) is 31.9. The van der Waals surface area contributed by atoms with E-state index in [0.29, 0.717) is 37.4 Å². The van der Waals surface area contributed by atoms with Gasteiger partial charge in [-0.2, -0.15) is 0 Å². The highest BCUT2D eigenvalue weighted by Gasteiger charge is 2.58. The molecule has 0 spiro atoms. The van der Waals surface area contributed by atoms with E-state index in [9.17, 15) is 9.90 Å². The molecule has 2 aromatic carbocycles. The van der Waals surface area contributed by atoms with Crippen LogP contribution in [0.4, 0.5) is 0 Å². The summed E-state index contributed by atoms with van der Waals surface area (Å²) in [5.74, 6) is 1.55. The number of carbonyl (C=O) groups is 1. The van der Waals surface area contributed by atoms with Crippen molar-refractivity contribution in [2.24, 2.45) is 16.7 Å². The topological polar surface area (TPSA) is 67.8 Å². The SMILES string of the molecule is CCOC(=O)C12CCC(NCc3ccc4cc(OC5CCC(C(C)(C)C)CC5)ccc4c3)(CC1)CC2O. The lowest BCUT2D eigenvalue weighted by Gasteiger charge is -2.54. The molecule has 4 aliphatic carbocycles. The molecule has 202 valence electrons. The molecular formula is C32H45NO4. The van der Waals surface area contributed by atoms with E-state index in [1.54, 1.807) is 0 Å². The van der Waals surface area contributed by atoms with Crippen LogP contribution >= 0.6 is 0 Å². The molecule has 37 heavy (non-hydrogen) atoms. The van der Waals surface area contributed by atoms with Crippen molar-refractivity contribution in [1.82, 2.24) is 5.32 Å². The van der Waals surface area contributed by atoms with E-state index < -0.39 is 11.5 Å². The van der Waals surface area contributed by atoms with E-state index in [1.807, 2.05) is 6.92 Å². The van der Waals surface area contributed by atoms with Crippen LogP contribution in [0.3, 0.4) is 0 Å². The molecule has 0 aliphatic heterocycles. The Morgan fingerprint density at radius 2 is 1.68 bits per heavy atom. The van der Waals surface area contributed by atoms with Crippen molar-refractivity contribution < 1.29 is 19.4 Å². The number of hydrogen-bond donors (Lipinski definition) is 2. The predicted molar refractivity (Wildman–Crippen MR) is 148 cm³/mol. The Morgan fingerprint density at radius 1 is 1.00 bits per heavy atom. The molecule has 5 nitrogen and oxygen atoms in total. The highest BCUT2D eigenvalue weighted by Crippen LogP contribution is 2.53. The summed E-state index contributed by atoms with van der Waals surface area (Å²) in [5, 5.41) is 17.1. The second-order valence-corrected chi connectivity index (χ2v) is 13.0. The molecule has 0 radical (unpaired) electrons. The van der Waals surface area contributed by atoms with Gasteiger partial charge in [0.2, 0.25) is 0 Å². The second kappa shape index (κ2) is 10.2. The van der Waals surface area contributed by atoms with Crippen LogP contribution in [0, 0.1) is 16.7 Å². The third kappa shape index (κ3) is 5.40. The summed E-state index contributed by atoms with van der Waals surface area (Å²) in [7, 11) is 0. The Labute approximate surface area is 222 Å². The zero-order chi connectivity index (χ0) is 26.3. The van der Waals surface area contributed by atoms with Crippen molar-refractivity contribution in [2.45, 2.75) is 110 Å². The summed E-state index contributed by atoms with van der Waals surface area (Å²) in [4.78, 5) is 12.6. The van der Waals surface area contributed by atoms with Crippen molar-refractivity contribution in [2.75, 3.05) is 6.61 Å². The summed E-state index contributed by atoms with van der Waals surface area (Å²) in [6, 6.07) is 13.1. The van der Waals surface area contributed by atoms with Crippen LogP contribution in [0.2, 0.25) is 0 Å².